The predicted octanol–water partition coefficient (Wildman–Crippen LogP) is -1.53. The van der Waals surface area contributed by atoms with E-state index in [-0.39, 0.29) is 90.7 Å². The summed E-state index contributed by atoms with van der Waals surface area (Å²) in [6, 6.07) is 0. The Kier molecular flexibility index (Phi) is 274. The molecule has 0 rings (SSSR count). The molecule has 0 fully saturated rings. The van der Waals surface area contributed by atoms with Gasteiger partial charge >= 0.3 is 0 Å². The van der Waals surface area contributed by atoms with Crippen molar-refractivity contribution >= 4 is 73.7 Å². The van der Waals surface area contributed by atoms with Gasteiger partial charge in [0.15, 0.2) is 0 Å². The van der Waals surface area contributed by atoms with Crippen molar-refractivity contribution in [2.24, 2.45) is 0 Å². The Labute approximate surface area is 89.4 Å². The Balaban J connectivity index is 0. The first-order valence-electron chi connectivity index (χ1n) is 0. The van der Waals surface area contributed by atoms with E-state index in [0.29, 0.717) is 0 Å². The van der Waals surface area contributed by atoms with Crippen molar-refractivity contribution in [3.63, 3.8) is 0 Å². The van der Waals surface area contributed by atoms with E-state index in [1.54, 1.807) is 0 Å². The summed E-state index contributed by atoms with van der Waals surface area (Å²) in [4.78, 5) is 0. The molecule has 0 atom stereocenters. The monoisotopic (exact) mass is 355 g/mol. The molecular weight excluding hydrogens is 355 g/mol. The van der Waals surface area contributed by atoms with Crippen LogP contribution in [0.2, 0.25) is 0 Å². The number of hydrogen-bond acceptors (Lipinski definition) is 0. The van der Waals surface area contributed by atoms with Gasteiger partial charge in [0, 0.05) is 90.7 Å². The molecule has 0 aliphatic heterocycles. The van der Waals surface area contributed by atoms with E-state index in [9.17, 15) is 0 Å². The summed E-state index contributed by atoms with van der Waals surface area (Å²) in [5.74, 6) is 0. The van der Waals surface area contributed by atoms with Crippen LogP contribution in [0.5, 0.6) is 0 Å². The van der Waals surface area contributed by atoms with Gasteiger partial charge in [0.25, 0.3) is 0 Å². The third-order valence-electron chi connectivity index (χ3n) is 0. The van der Waals surface area contributed by atoms with E-state index in [0.717, 1.165) is 0 Å². The zero-order valence-electron chi connectivity index (χ0n) is 2.36. The van der Waals surface area contributed by atoms with Crippen molar-refractivity contribution in [2.45, 2.75) is 0 Å². The molecule has 0 unspecified atom stereocenters. The topological polar surface area (TPSA) is 0 Å². The second-order valence-electron chi connectivity index (χ2n) is 0. The molecule has 0 aliphatic carbocycles. The molecule has 0 aromatic rings. The van der Waals surface area contributed by atoms with Crippen molar-refractivity contribution < 1.29 is 17.1 Å². The molecule has 5 heavy (non-hydrogen) atoms. The van der Waals surface area contributed by atoms with Crippen LogP contribution in [0.3, 0.4) is 0 Å². The molecule has 5 heteroatoms. The fraction of sp³-hybridized carbons (Fsp3) is 0. The number of hydrogen-bond donors (Lipinski definition) is 0. The third kappa shape index (κ3) is 20.1. The minimum absolute atomic E-state index is 0. The zero-order valence-corrected chi connectivity index (χ0v) is 11.7. The molecule has 27 valence electrons. The Morgan fingerprint density at radius 2 is 1.00 bits per heavy atom. The summed E-state index contributed by atoms with van der Waals surface area (Å²) in [5.41, 5.74) is 0. The minimum atomic E-state index is 0. The average Bonchev–Trinajstić information content (AvgIpc) is 0. The van der Waals surface area contributed by atoms with Gasteiger partial charge in [-0.15, -0.1) is 0 Å². The summed E-state index contributed by atoms with van der Waals surface area (Å²) in [6.45, 7) is 0. The zero-order chi connectivity index (χ0) is 0. The van der Waals surface area contributed by atoms with Crippen LogP contribution in [0.1, 0.15) is 0 Å². The molecular formula is CuGaInSeSi. The Morgan fingerprint density at radius 1 is 1.00 bits per heavy atom. The average molecular weight is 355 g/mol. The smallest absolute Gasteiger partial charge is 0 e. The molecule has 0 amide bonds. The van der Waals surface area contributed by atoms with Crippen LogP contribution in [0.4, 0.5) is 0 Å². The van der Waals surface area contributed by atoms with Crippen LogP contribution in [-0.2, 0) is 17.1 Å². The van der Waals surface area contributed by atoms with E-state index in [2.05, 4.69) is 0 Å². The van der Waals surface area contributed by atoms with Gasteiger partial charge in [0.2, 0.25) is 0 Å². The van der Waals surface area contributed by atoms with Gasteiger partial charge < -0.3 is 0 Å². The van der Waals surface area contributed by atoms with Gasteiger partial charge in [-0.1, -0.05) is 0 Å². The van der Waals surface area contributed by atoms with Gasteiger partial charge in [-0.05, 0) is 0 Å². The van der Waals surface area contributed by atoms with Crippen molar-refractivity contribution in [3.05, 3.63) is 0 Å². The van der Waals surface area contributed by atoms with E-state index >= 15 is 0 Å². The maximum Gasteiger partial charge on any atom is 0 e. The second kappa shape index (κ2) is 29.4. The van der Waals surface area contributed by atoms with Gasteiger partial charge in [0.1, 0.15) is 0 Å². The van der Waals surface area contributed by atoms with E-state index in [1.807, 2.05) is 0 Å². The molecule has 0 saturated carbocycles. The fourth-order valence-electron chi connectivity index (χ4n) is 0. The largest absolute Gasteiger partial charge is 0 e. The molecule has 0 aliphatic rings. The molecule has 0 N–H and O–H groups in total. The van der Waals surface area contributed by atoms with Crippen LogP contribution >= 0.6 is 0 Å². The molecule has 0 saturated heterocycles. The summed E-state index contributed by atoms with van der Waals surface area (Å²) >= 11 is 0. The van der Waals surface area contributed by atoms with Crippen molar-refractivity contribution in [3.8, 4) is 0 Å². The first-order chi connectivity index (χ1) is 0. The van der Waals surface area contributed by atoms with Crippen LogP contribution in [0.15, 0.2) is 0 Å². The van der Waals surface area contributed by atoms with E-state index in [4.69, 9.17) is 0 Å². The number of rotatable bonds is 0. The molecule has 0 bridgehead atoms. The molecule has 0 heterocycles. The van der Waals surface area contributed by atoms with Gasteiger partial charge in [-0.3, -0.25) is 0 Å². The first-order valence-corrected chi connectivity index (χ1v) is 0. The predicted molar refractivity (Wildman–Crippen MR) is 23.0 cm³/mol. The van der Waals surface area contributed by atoms with Crippen LogP contribution in [0.25, 0.3) is 0 Å². The minimum Gasteiger partial charge on any atom is 0 e. The Morgan fingerprint density at radius 3 is 1.00 bits per heavy atom. The SMILES string of the molecule is [Cu].[Ga].[In].[Se].[Si]. The van der Waals surface area contributed by atoms with Gasteiger partial charge in [-0.2, -0.15) is 0 Å². The Bertz CT molecular complexity index is 11.6. The van der Waals surface area contributed by atoms with Gasteiger partial charge in [0.05, 0.1) is 0 Å². The first kappa shape index (κ1) is 46.5. The third-order valence-corrected chi connectivity index (χ3v) is 0. The van der Waals surface area contributed by atoms with Crippen LogP contribution < -0.4 is 0 Å². The summed E-state index contributed by atoms with van der Waals surface area (Å²) in [6.07, 6.45) is 0. The van der Waals surface area contributed by atoms with Crippen LogP contribution in [-0.4, -0.2) is 73.7 Å². The Hall–Kier alpha value is 2.76. The maximum atomic E-state index is 0. The standard InChI is InChI=1S/Cu.Ga.In.Se.Si. The summed E-state index contributed by atoms with van der Waals surface area (Å²) < 4.78 is 0. The molecule has 0 spiro atoms. The van der Waals surface area contributed by atoms with Crippen LogP contribution in [0, 0.1) is 0 Å². The quantitative estimate of drug-likeness (QED) is 0.463. The second-order valence-corrected chi connectivity index (χ2v) is 0. The molecule has 0 aromatic carbocycles. The van der Waals surface area contributed by atoms with E-state index < -0.39 is 0 Å². The molecule has 0 aromatic heterocycles. The van der Waals surface area contributed by atoms with Crippen molar-refractivity contribution in [1.29, 1.82) is 0 Å². The van der Waals surface area contributed by atoms with E-state index in [1.165, 1.54) is 0 Å². The molecule has 13 radical (unpaired) electrons. The summed E-state index contributed by atoms with van der Waals surface area (Å²) in [7, 11) is 0. The maximum absolute atomic E-state index is 0. The normalized spacial score (nSPS) is 0. The van der Waals surface area contributed by atoms with Crippen molar-refractivity contribution in [2.75, 3.05) is 0 Å². The summed E-state index contributed by atoms with van der Waals surface area (Å²) in [5, 5.41) is 0. The van der Waals surface area contributed by atoms with Crippen molar-refractivity contribution in [1.82, 2.24) is 0 Å². The van der Waals surface area contributed by atoms with Gasteiger partial charge in [-0.25, -0.2) is 0 Å². The fourth-order valence-corrected chi connectivity index (χ4v) is 0. The molecule has 0 nitrogen and oxygen atoms in total.